The van der Waals surface area contributed by atoms with Crippen LogP contribution in [0.4, 0.5) is 0 Å². The second-order valence-corrected chi connectivity index (χ2v) is 5.59. The van der Waals surface area contributed by atoms with Crippen LogP contribution < -0.4 is 0 Å². The molecule has 21 heavy (non-hydrogen) atoms. The lowest BCUT2D eigenvalue weighted by atomic mass is 10.1. The van der Waals surface area contributed by atoms with Gasteiger partial charge in [0.1, 0.15) is 0 Å². The highest BCUT2D eigenvalue weighted by molar-refractivity contribution is 6.09. The van der Waals surface area contributed by atoms with Crippen LogP contribution >= 0.6 is 0 Å². The molecule has 3 aromatic carbocycles. The highest BCUT2D eigenvalue weighted by atomic mass is 15.0. The smallest absolute Gasteiger partial charge is 0.0541 e. The Morgan fingerprint density at radius 3 is 1.81 bits per heavy atom. The van der Waals surface area contributed by atoms with E-state index in [1.807, 2.05) is 0 Å². The number of aryl methyl sites for hydroxylation is 1. The van der Waals surface area contributed by atoms with Crippen LogP contribution in [0.5, 0.6) is 0 Å². The minimum absolute atomic E-state index is 1.27. The fourth-order valence-corrected chi connectivity index (χ4v) is 3.16. The first-order valence-electron chi connectivity index (χ1n) is 7.32. The van der Waals surface area contributed by atoms with Crippen molar-refractivity contribution >= 4 is 21.8 Å². The number of para-hydroxylation sites is 2. The van der Waals surface area contributed by atoms with Gasteiger partial charge in [-0.05, 0) is 43.2 Å². The van der Waals surface area contributed by atoms with E-state index in [4.69, 9.17) is 0 Å². The van der Waals surface area contributed by atoms with E-state index in [0.29, 0.717) is 0 Å². The van der Waals surface area contributed by atoms with Crippen LogP contribution in [0, 0.1) is 13.8 Å². The largest absolute Gasteiger partial charge is 0.309 e. The predicted molar refractivity (Wildman–Crippen MR) is 90.3 cm³/mol. The molecule has 0 atom stereocenters. The summed E-state index contributed by atoms with van der Waals surface area (Å²) < 4.78 is 2.38. The quantitative estimate of drug-likeness (QED) is 0.437. The van der Waals surface area contributed by atoms with Crippen molar-refractivity contribution in [2.45, 2.75) is 13.8 Å². The van der Waals surface area contributed by atoms with Gasteiger partial charge in [-0.1, -0.05) is 48.5 Å². The van der Waals surface area contributed by atoms with Crippen LogP contribution in [0.2, 0.25) is 0 Å². The molecule has 1 aromatic heterocycles. The lowest BCUT2D eigenvalue weighted by Gasteiger charge is -2.12. The third-order valence-corrected chi connectivity index (χ3v) is 4.40. The van der Waals surface area contributed by atoms with E-state index < -0.39 is 0 Å². The molecule has 0 N–H and O–H groups in total. The predicted octanol–water partition coefficient (Wildman–Crippen LogP) is 5.40. The number of hydrogen-bond donors (Lipinski definition) is 0. The van der Waals surface area contributed by atoms with Crippen LogP contribution in [0.3, 0.4) is 0 Å². The van der Waals surface area contributed by atoms with Crippen molar-refractivity contribution in [2.24, 2.45) is 0 Å². The van der Waals surface area contributed by atoms with Crippen LogP contribution in [0.25, 0.3) is 27.5 Å². The van der Waals surface area contributed by atoms with Crippen LogP contribution in [-0.4, -0.2) is 4.57 Å². The average Bonchev–Trinajstić information content (AvgIpc) is 2.85. The maximum Gasteiger partial charge on any atom is 0.0541 e. The molecule has 0 aliphatic rings. The van der Waals surface area contributed by atoms with E-state index in [0.717, 1.165) is 0 Å². The molecule has 0 fully saturated rings. The summed E-state index contributed by atoms with van der Waals surface area (Å²) in [6.07, 6.45) is 0. The molecule has 1 heterocycles. The van der Waals surface area contributed by atoms with Crippen LogP contribution in [0.15, 0.2) is 66.7 Å². The lowest BCUT2D eigenvalue weighted by molar-refractivity contribution is 1.13. The Morgan fingerprint density at radius 2 is 1.19 bits per heavy atom. The van der Waals surface area contributed by atoms with Crippen molar-refractivity contribution in [2.75, 3.05) is 0 Å². The van der Waals surface area contributed by atoms with E-state index in [1.54, 1.807) is 0 Å². The number of fused-ring (bicyclic) bond motifs is 3. The lowest BCUT2D eigenvalue weighted by Crippen LogP contribution is -1.98. The molecular formula is C20H17N. The number of hydrogen-bond acceptors (Lipinski definition) is 0. The van der Waals surface area contributed by atoms with E-state index >= 15 is 0 Å². The summed E-state index contributed by atoms with van der Waals surface area (Å²) in [7, 11) is 0. The second-order valence-electron chi connectivity index (χ2n) is 5.59. The maximum atomic E-state index is 2.38. The molecule has 0 aliphatic carbocycles. The standard InChI is InChI=1S/C20H17N/c1-14-8-7-13-18(15(14)2)21-19-11-5-3-9-16(19)17-10-4-6-12-20(17)21/h3-13H,1-2H3. The van der Waals surface area contributed by atoms with E-state index in [2.05, 4.69) is 85.1 Å². The van der Waals surface area contributed by atoms with Crippen molar-refractivity contribution < 1.29 is 0 Å². The van der Waals surface area contributed by atoms with Gasteiger partial charge in [-0.15, -0.1) is 0 Å². The Labute approximate surface area is 124 Å². The van der Waals surface area contributed by atoms with Crippen LogP contribution in [-0.2, 0) is 0 Å². The molecule has 0 spiro atoms. The topological polar surface area (TPSA) is 4.93 Å². The summed E-state index contributed by atoms with van der Waals surface area (Å²) in [5.74, 6) is 0. The van der Waals surface area contributed by atoms with Gasteiger partial charge < -0.3 is 4.57 Å². The van der Waals surface area contributed by atoms with Gasteiger partial charge in [-0.2, -0.15) is 0 Å². The van der Waals surface area contributed by atoms with Gasteiger partial charge in [0.15, 0.2) is 0 Å². The van der Waals surface area contributed by atoms with Crippen LogP contribution in [0.1, 0.15) is 11.1 Å². The molecule has 0 amide bonds. The van der Waals surface area contributed by atoms with E-state index in [-0.39, 0.29) is 0 Å². The normalized spacial score (nSPS) is 11.3. The Morgan fingerprint density at radius 1 is 0.619 bits per heavy atom. The summed E-state index contributed by atoms with van der Waals surface area (Å²) in [6.45, 7) is 4.38. The van der Waals surface area contributed by atoms with Gasteiger partial charge in [0.2, 0.25) is 0 Å². The molecule has 0 aliphatic heterocycles. The molecule has 1 nitrogen and oxygen atoms in total. The number of benzene rings is 3. The second kappa shape index (κ2) is 4.49. The molecule has 1 heteroatoms. The fourth-order valence-electron chi connectivity index (χ4n) is 3.16. The highest BCUT2D eigenvalue weighted by Crippen LogP contribution is 2.33. The molecule has 102 valence electrons. The Bertz CT molecular complexity index is 907. The first kappa shape index (κ1) is 12.2. The zero-order valence-corrected chi connectivity index (χ0v) is 12.3. The molecule has 0 saturated heterocycles. The number of aromatic nitrogens is 1. The molecule has 4 aromatic rings. The Balaban J connectivity index is 2.23. The number of rotatable bonds is 1. The molecule has 0 unspecified atom stereocenters. The van der Waals surface area contributed by atoms with Crippen molar-refractivity contribution in [1.82, 2.24) is 4.57 Å². The molecule has 0 bridgehead atoms. The first-order chi connectivity index (χ1) is 10.3. The van der Waals surface area contributed by atoms with Crippen molar-refractivity contribution in [3.05, 3.63) is 77.9 Å². The molecular weight excluding hydrogens is 254 g/mol. The number of nitrogens with zero attached hydrogens (tertiary/aromatic N) is 1. The molecule has 0 saturated carbocycles. The van der Waals surface area contributed by atoms with Gasteiger partial charge in [-0.3, -0.25) is 0 Å². The summed E-state index contributed by atoms with van der Waals surface area (Å²) in [5, 5.41) is 2.63. The highest BCUT2D eigenvalue weighted by Gasteiger charge is 2.12. The van der Waals surface area contributed by atoms with E-state index in [9.17, 15) is 0 Å². The van der Waals surface area contributed by atoms with Crippen molar-refractivity contribution in [1.29, 1.82) is 0 Å². The first-order valence-corrected chi connectivity index (χ1v) is 7.32. The monoisotopic (exact) mass is 271 g/mol. The Kier molecular flexibility index (Phi) is 2.61. The van der Waals surface area contributed by atoms with Crippen molar-refractivity contribution in [3.63, 3.8) is 0 Å². The Hall–Kier alpha value is -2.54. The van der Waals surface area contributed by atoms with Gasteiger partial charge in [0, 0.05) is 16.5 Å². The zero-order chi connectivity index (χ0) is 14.4. The summed E-state index contributed by atoms with van der Waals surface area (Å²) in [5.41, 5.74) is 6.48. The van der Waals surface area contributed by atoms with Crippen molar-refractivity contribution in [3.8, 4) is 5.69 Å². The van der Waals surface area contributed by atoms with Gasteiger partial charge in [-0.25, -0.2) is 0 Å². The third-order valence-electron chi connectivity index (χ3n) is 4.40. The zero-order valence-electron chi connectivity index (χ0n) is 12.3. The summed E-state index contributed by atoms with van der Waals surface area (Å²) in [4.78, 5) is 0. The maximum absolute atomic E-state index is 2.38. The SMILES string of the molecule is Cc1cccc(-n2c3ccccc3c3ccccc32)c1C. The summed E-state index contributed by atoms with van der Waals surface area (Å²) in [6, 6.07) is 23.8. The van der Waals surface area contributed by atoms with Gasteiger partial charge in [0.05, 0.1) is 11.0 Å². The van der Waals surface area contributed by atoms with Gasteiger partial charge in [0.25, 0.3) is 0 Å². The van der Waals surface area contributed by atoms with E-state index in [1.165, 1.54) is 38.6 Å². The average molecular weight is 271 g/mol. The minimum Gasteiger partial charge on any atom is -0.309 e. The molecule has 4 rings (SSSR count). The fraction of sp³-hybridized carbons (Fsp3) is 0.100. The molecule has 0 radical (unpaired) electrons. The minimum atomic E-state index is 1.27. The third kappa shape index (κ3) is 1.71. The van der Waals surface area contributed by atoms with Gasteiger partial charge >= 0.3 is 0 Å². The summed E-state index contributed by atoms with van der Waals surface area (Å²) >= 11 is 0.